The van der Waals surface area contributed by atoms with E-state index in [9.17, 15) is 0 Å². The van der Waals surface area contributed by atoms with Crippen LogP contribution >= 0.6 is 0 Å². The fourth-order valence-corrected chi connectivity index (χ4v) is 1.52. The lowest BCUT2D eigenvalue weighted by Gasteiger charge is -2.10. The zero-order valence-corrected chi connectivity index (χ0v) is 8.80. The Bertz CT molecular complexity index is 281. The maximum absolute atomic E-state index is 2.25. The third-order valence-corrected chi connectivity index (χ3v) is 2.14. The molecule has 0 atom stereocenters. The lowest BCUT2D eigenvalue weighted by atomic mass is 9.96. The van der Waals surface area contributed by atoms with Crippen LogP contribution in [0.2, 0.25) is 0 Å². The van der Waals surface area contributed by atoms with Crippen molar-refractivity contribution in [1.29, 1.82) is 0 Å². The van der Waals surface area contributed by atoms with Crippen LogP contribution in [0.3, 0.4) is 0 Å². The molecular weight excluding hydrogens is 156 g/mol. The van der Waals surface area contributed by atoms with Crippen LogP contribution in [-0.4, -0.2) is 0 Å². The molecule has 0 amide bonds. The topological polar surface area (TPSA) is 0 Å². The Hall–Kier alpha value is -1.04. The Balaban J connectivity index is 2.84. The van der Waals surface area contributed by atoms with Gasteiger partial charge in [0.1, 0.15) is 0 Å². The van der Waals surface area contributed by atoms with Gasteiger partial charge < -0.3 is 0 Å². The number of hydrogen-bond donors (Lipinski definition) is 0. The minimum atomic E-state index is 1.18. The third kappa shape index (κ3) is 3.06. The van der Waals surface area contributed by atoms with Crippen LogP contribution in [0.5, 0.6) is 0 Å². The highest BCUT2D eigenvalue weighted by molar-refractivity contribution is 5.43. The van der Waals surface area contributed by atoms with Crippen molar-refractivity contribution in [1.82, 2.24) is 0 Å². The summed E-state index contributed by atoms with van der Waals surface area (Å²) in [5.41, 5.74) is 4.21. The Labute approximate surface area is 81.4 Å². The molecule has 0 nitrogen and oxygen atoms in total. The van der Waals surface area contributed by atoms with Crippen molar-refractivity contribution in [2.75, 3.05) is 0 Å². The van der Waals surface area contributed by atoms with E-state index in [0.717, 1.165) is 0 Å². The molecule has 0 N–H and O–H groups in total. The Morgan fingerprint density at radius 3 is 2.62 bits per heavy atom. The number of hydrogen-bond acceptors (Lipinski definition) is 0. The van der Waals surface area contributed by atoms with Crippen LogP contribution in [-0.2, 0) is 0 Å². The number of allylic oxidation sites excluding steroid dienone is 8. The standard InChI is InChI=1S/C13H18/c1-4-12(10-11(2)3)13-8-6-5-7-9-13/h4-6,8,10H,7,9H2,1-3H3/b12-4+. The van der Waals surface area contributed by atoms with Crippen LogP contribution in [0.4, 0.5) is 0 Å². The molecule has 0 heteroatoms. The van der Waals surface area contributed by atoms with Crippen molar-refractivity contribution < 1.29 is 0 Å². The molecule has 1 aliphatic rings. The van der Waals surface area contributed by atoms with Crippen molar-refractivity contribution in [2.45, 2.75) is 33.6 Å². The highest BCUT2D eigenvalue weighted by Gasteiger charge is 2.02. The fourth-order valence-electron chi connectivity index (χ4n) is 1.52. The largest absolute Gasteiger partial charge is 0.0842 e. The van der Waals surface area contributed by atoms with Crippen molar-refractivity contribution in [2.24, 2.45) is 0 Å². The highest BCUT2D eigenvalue weighted by Crippen LogP contribution is 2.21. The van der Waals surface area contributed by atoms with Gasteiger partial charge >= 0.3 is 0 Å². The van der Waals surface area contributed by atoms with Gasteiger partial charge in [-0.3, -0.25) is 0 Å². The van der Waals surface area contributed by atoms with Gasteiger partial charge in [-0.1, -0.05) is 36.0 Å². The first-order valence-electron chi connectivity index (χ1n) is 4.91. The predicted octanol–water partition coefficient (Wildman–Crippen LogP) is 4.18. The van der Waals surface area contributed by atoms with E-state index < -0.39 is 0 Å². The van der Waals surface area contributed by atoms with Gasteiger partial charge in [-0.25, -0.2) is 0 Å². The summed E-state index contributed by atoms with van der Waals surface area (Å²) < 4.78 is 0. The normalized spacial score (nSPS) is 16.8. The van der Waals surface area contributed by atoms with Crippen molar-refractivity contribution in [3.8, 4) is 0 Å². The molecule has 0 saturated heterocycles. The van der Waals surface area contributed by atoms with E-state index in [1.807, 2.05) is 0 Å². The van der Waals surface area contributed by atoms with E-state index in [0.29, 0.717) is 0 Å². The van der Waals surface area contributed by atoms with Crippen LogP contribution < -0.4 is 0 Å². The van der Waals surface area contributed by atoms with E-state index in [1.54, 1.807) is 0 Å². The van der Waals surface area contributed by atoms with Gasteiger partial charge in [0.2, 0.25) is 0 Å². The van der Waals surface area contributed by atoms with Gasteiger partial charge in [0, 0.05) is 0 Å². The smallest absolute Gasteiger partial charge is 0.0238 e. The average Bonchev–Trinajstić information content (AvgIpc) is 2.15. The summed E-state index contributed by atoms with van der Waals surface area (Å²) in [4.78, 5) is 0. The molecule has 0 fully saturated rings. The number of rotatable bonds is 2. The zero-order valence-electron chi connectivity index (χ0n) is 8.80. The molecule has 0 unspecified atom stereocenters. The van der Waals surface area contributed by atoms with Gasteiger partial charge in [-0.15, -0.1) is 0 Å². The summed E-state index contributed by atoms with van der Waals surface area (Å²) in [5.74, 6) is 0. The molecule has 13 heavy (non-hydrogen) atoms. The third-order valence-electron chi connectivity index (χ3n) is 2.14. The van der Waals surface area contributed by atoms with Crippen LogP contribution in [0, 0.1) is 0 Å². The Kier molecular flexibility index (Phi) is 3.75. The Morgan fingerprint density at radius 1 is 1.38 bits per heavy atom. The highest BCUT2D eigenvalue weighted by atomic mass is 14.1. The summed E-state index contributed by atoms with van der Waals surface area (Å²) in [6.07, 6.45) is 13.4. The second-order valence-corrected chi connectivity index (χ2v) is 3.62. The molecule has 0 spiro atoms. The van der Waals surface area contributed by atoms with Crippen molar-refractivity contribution in [3.05, 3.63) is 47.1 Å². The first kappa shape index (κ1) is 10.0. The fraction of sp³-hybridized carbons (Fsp3) is 0.385. The first-order chi connectivity index (χ1) is 6.24. The molecule has 70 valence electrons. The van der Waals surface area contributed by atoms with E-state index in [-0.39, 0.29) is 0 Å². The maximum Gasteiger partial charge on any atom is -0.0238 e. The SMILES string of the molecule is C/C=C(\C=C(C)C)C1=CC=CCC1. The zero-order chi connectivity index (χ0) is 9.68. The second-order valence-electron chi connectivity index (χ2n) is 3.62. The first-order valence-corrected chi connectivity index (χ1v) is 4.91. The minimum absolute atomic E-state index is 1.18. The summed E-state index contributed by atoms with van der Waals surface area (Å²) in [7, 11) is 0. The molecule has 0 radical (unpaired) electrons. The van der Waals surface area contributed by atoms with E-state index >= 15 is 0 Å². The summed E-state index contributed by atoms with van der Waals surface area (Å²) >= 11 is 0. The Morgan fingerprint density at radius 2 is 2.15 bits per heavy atom. The van der Waals surface area contributed by atoms with Gasteiger partial charge in [-0.05, 0) is 44.8 Å². The van der Waals surface area contributed by atoms with E-state index in [2.05, 4.69) is 51.2 Å². The maximum atomic E-state index is 2.25. The van der Waals surface area contributed by atoms with Crippen molar-refractivity contribution >= 4 is 0 Å². The van der Waals surface area contributed by atoms with Gasteiger partial charge in [0.25, 0.3) is 0 Å². The van der Waals surface area contributed by atoms with Crippen molar-refractivity contribution in [3.63, 3.8) is 0 Å². The molecule has 1 rings (SSSR count). The molecule has 0 aromatic heterocycles. The van der Waals surface area contributed by atoms with E-state index in [4.69, 9.17) is 0 Å². The van der Waals surface area contributed by atoms with E-state index in [1.165, 1.54) is 29.6 Å². The molecule has 0 heterocycles. The monoisotopic (exact) mass is 174 g/mol. The minimum Gasteiger partial charge on any atom is -0.0842 e. The molecule has 0 aromatic rings. The molecular formula is C13H18. The summed E-state index contributed by atoms with van der Waals surface area (Å²) in [6.45, 7) is 6.39. The molecule has 0 aliphatic heterocycles. The molecule has 1 aliphatic carbocycles. The van der Waals surface area contributed by atoms with Gasteiger partial charge in [0.05, 0.1) is 0 Å². The molecule has 0 bridgehead atoms. The van der Waals surface area contributed by atoms with Crippen LogP contribution in [0.15, 0.2) is 47.1 Å². The lowest BCUT2D eigenvalue weighted by molar-refractivity contribution is 0.975. The molecule has 0 saturated carbocycles. The average molecular weight is 174 g/mol. The quantitative estimate of drug-likeness (QED) is 0.551. The van der Waals surface area contributed by atoms with Gasteiger partial charge in [-0.2, -0.15) is 0 Å². The van der Waals surface area contributed by atoms with Crippen LogP contribution in [0.1, 0.15) is 33.6 Å². The second kappa shape index (κ2) is 4.86. The van der Waals surface area contributed by atoms with Crippen LogP contribution in [0.25, 0.3) is 0 Å². The summed E-state index contributed by atoms with van der Waals surface area (Å²) in [6, 6.07) is 0. The lowest BCUT2D eigenvalue weighted by Crippen LogP contribution is -1.90. The van der Waals surface area contributed by atoms with Gasteiger partial charge in [0.15, 0.2) is 0 Å². The predicted molar refractivity (Wildman–Crippen MR) is 59.6 cm³/mol. The summed E-state index contributed by atoms with van der Waals surface area (Å²) in [5, 5.41) is 0. The molecule has 0 aromatic carbocycles.